The van der Waals surface area contributed by atoms with E-state index in [-0.39, 0.29) is 25.2 Å². The fourth-order valence-electron chi connectivity index (χ4n) is 5.74. The third-order valence-electron chi connectivity index (χ3n) is 9.04. The number of amides is 5. The van der Waals surface area contributed by atoms with Gasteiger partial charge in [0, 0.05) is 12.0 Å². The number of benzene rings is 2. The van der Waals surface area contributed by atoms with Crippen molar-refractivity contribution in [2.24, 2.45) is 5.92 Å². The summed E-state index contributed by atoms with van der Waals surface area (Å²) in [6.45, 7) is 13.1. The van der Waals surface area contributed by atoms with Gasteiger partial charge in [0.05, 0.1) is 13.7 Å². The second-order valence-electron chi connectivity index (χ2n) is 13.9. The number of nitrogens with one attached hydrogen (secondary N) is 5. The second kappa shape index (κ2) is 23.8. The van der Waals surface area contributed by atoms with Crippen LogP contribution in [0.5, 0.6) is 0 Å². The summed E-state index contributed by atoms with van der Waals surface area (Å²) >= 11 is 0. The molecule has 0 aliphatic rings. The van der Waals surface area contributed by atoms with E-state index in [2.05, 4.69) is 50.1 Å². The molecule has 14 heteroatoms. The van der Waals surface area contributed by atoms with Crippen molar-refractivity contribution < 1.29 is 38.6 Å². The molecule has 0 heterocycles. The van der Waals surface area contributed by atoms with Crippen molar-refractivity contribution in [1.82, 2.24) is 31.5 Å². The molecule has 2 rings (SSSR count). The molecule has 14 nitrogen and oxygen atoms in total. The minimum atomic E-state index is -1.32. The van der Waals surface area contributed by atoms with Crippen LogP contribution >= 0.6 is 0 Å². The average molecular weight is 753 g/mol. The molecule has 2 aromatic carbocycles. The van der Waals surface area contributed by atoms with Crippen molar-refractivity contribution in [2.45, 2.75) is 104 Å². The van der Waals surface area contributed by atoms with E-state index in [4.69, 9.17) is 0 Å². The van der Waals surface area contributed by atoms with Crippen LogP contribution in [0, 0.1) is 12.8 Å². The zero-order chi connectivity index (χ0) is 40.2. The number of aliphatic hydroxyl groups is 1. The van der Waals surface area contributed by atoms with Crippen molar-refractivity contribution in [3.63, 3.8) is 0 Å². The van der Waals surface area contributed by atoms with E-state index in [0.29, 0.717) is 12.0 Å². The summed E-state index contributed by atoms with van der Waals surface area (Å²) in [4.78, 5) is 81.7. The van der Waals surface area contributed by atoms with Crippen LogP contribution in [0.2, 0.25) is 0 Å². The maximum Gasteiger partial charge on any atom is 0.330 e. The predicted molar refractivity (Wildman–Crippen MR) is 206 cm³/mol. The van der Waals surface area contributed by atoms with E-state index in [1.807, 2.05) is 51.1 Å². The van der Waals surface area contributed by atoms with Crippen molar-refractivity contribution >= 4 is 35.5 Å². The molecule has 5 amide bonds. The fourth-order valence-corrected chi connectivity index (χ4v) is 5.74. The molecule has 0 radical (unpaired) electrons. The second-order valence-corrected chi connectivity index (χ2v) is 13.9. The number of hydrogen-bond donors (Lipinski definition) is 6. The summed E-state index contributed by atoms with van der Waals surface area (Å²) in [6.07, 6.45) is 1.96. The van der Waals surface area contributed by atoms with Gasteiger partial charge in [0.2, 0.25) is 23.6 Å². The molecule has 0 aromatic heterocycles. The van der Waals surface area contributed by atoms with Crippen molar-refractivity contribution in [2.75, 3.05) is 33.4 Å². The Morgan fingerprint density at radius 3 is 1.85 bits per heavy atom. The van der Waals surface area contributed by atoms with Crippen LogP contribution in [0.4, 0.5) is 0 Å². The molecule has 0 aliphatic heterocycles. The summed E-state index contributed by atoms with van der Waals surface area (Å²) < 4.78 is 4.67. The number of aliphatic hydroxyl groups excluding tert-OH is 1. The Balaban J connectivity index is 2.21. The van der Waals surface area contributed by atoms with Gasteiger partial charge in [0.1, 0.15) is 24.2 Å². The maximum atomic E-state index is 13.8. The molecule has 54 heavy (non-hydrogen) atoms. The average Bonchev–Trinajstić information content (AvgIpc) is 3.15. The first kappa shape index (κ1) is 45.3. The van der Waals surface area contributed by atoms with Crippen LogP contribution in [-0.2, 0) is 35.1 Å². The van der Waals surface area contributed by atoms with Gasteiger partial charge in [0.15, 0.2) is 6.04 Å². The van der Waals surface area contributed by atoms with E-state index in [9.17, 15) is 33.9 Å². The number of carbonyl (C=O) groups excluding carboxylic acids is 6. The summed E-state index contributed by atoms with van der Waals surface area (Å²) in [5, 5.41) is 23.1. The Morgan fingerprint density at radius 1 is 0.704 bits per heavy atom. The van der Waals surface area contributed by atoms with Gasteiger partial charge in [-0.05, 0) is 82.8 Å². The monoisotopic (exact) mass is 752 g/mol. The topological polar surface area (TPSA) is 195 Å². The first-order valence-corrected chi connectivity index (χ1v) is 18.8. The van der Waals surface area contributed by atoms with Gasteiger partial charge in [-0.15, -0.1) is 0 Å². The first-order chi connectivity index (χ1) is 25.7. The van der Waals surface area contributed by atoms with Crippen molar-refractivity contribution in [1.29, 1.82) is 0 Å². The molecule has 6 N–H and O–H groups in total. The summed E-state index contributed by atoms with van der Waals surface area (Å²) in [7, 11) is 1.14. The molecular weight excluding hydrogens is 692 g/mol. The van der Waals surface area contributed by atoms with Gasteiger partial charge >= 0.3 is 5.97 Å². The molecule has 298 valence electrons. The maximum absolute atomic E-state index is 13.8. The molecule has 0 saturated heterocycles. The predicted octanol–water partition coefficient (Wildman–Crippen LogP) is 2.02. The molecular formula is C40H60N6O8. The third kappa shape index (κ3) is 15.7. The molecule has 0 saturated carbocycles. The number of rotatable bonds is 23. The number of methoxy groups -OCH3 is 1. The van der Waals surface area contributed by atoms with Gasteiger partial charge in [-0.1, -0.05) is 75.7 Å². The Labute approximate surface area is 319 Å². The van der Waals surface area contributed by atoms with Gasteiger partial charge in [-0.25, -0.2) is 4.79 Å². The van der Waals surface area contributed by atoms with Crippen molar-refractivity contribution in [3.05, 3.63) is 71.3 Å². The number of esters is 1. The molecule has 5 atom stereocenters. The van der Waals surface area contributed by atoms with Crippen LogP contribution in [0.15, 0.2) is 54.6 Å². The lowest BCUT2D eigenvalue weighted by Crippen LogP contribution is -2.59. The van der Waals surface area contributed by atoms with E-state index in [1.165, 1.54) is 6.92 Å². The number of aryl methyl sites for hydroxylation is 1. The summed E-state index contributed by atoms with van der Waals surface area (Å²) in [5.41, 5.74) is 2.16. The lowest BCUT2D eigenvalue weighted by molar-refractivity contribution is -0.146. The Bertz CT molecular complexity index is 1500. The lowest BCUT2D eigenvalue weighted by Gasteiger charge is -2.27. The minimum Gasteiger partial charge on any atom is -0.467 e. The standard InChI is InChI=1S/C40H60N6O8/c1-8-46(9-2)22-14-13-17-31(37(50)45-34(25-47)40(53)54-7)42-39(52)32(23-26(3)4)43-35(48)28(6)41-38(51)33(24-29-15-11-10-12-16-29)44-36(49)30-20-18-27(5)19-21-30/h10-12,15-16,18-21,26,28,31-34,47H,8-9,13-14,17,22-25H2,1-7H3,(H,41,51)(H,42,52)(H,43,48)(H,44,49)(H,45,50)/t28-,31-,32-,33-,34-/m0/s1. The van der Waals surface area contributed by atoms with Gasteiger partial charge in [-0.3, -0.25) is 24.0 Å². The first-order valence-electron chi connectivity index (χ1n) is 18.8. The zero-order valence-electron chi connectivity index (χ0n) is 32.8. The normalized spacial score (nSPS) is 13.9. The molecule has 2 aromatic rings. The lowest BCUT2D eigenvalue weighted by atomic mass is 10.0. The van der Waals surface area contributed by atoms with Gasteiger partial charge in [0.25, 0.3) is 5.91 Å². The van der Waals surface area contributed by atoms with Crippen LogP contribution in [0.3, 0.4) is 0 Å². The van der Waals surface area contributed by atoms with E-state index in [0.717, 1.165) is 44.3 Å². The van der Waals surface area contributed by atoms with E-state index >= 15 is 0 Å². The van der Waals surface area contributed by atoms with Gasteiger partial charge < -0.3 is 41.3 Å². The highest BCUT2D eigenvalue weighted by atomic mass is 16.5. The van der Waals surface area contributed by atoms with E-state index in [1.54, 1.807) is 24.3 Å². The molecule has 0 bridgehead atoms. The Morgan fingerprint density at radius 2 is 1.28 bits per heavy atom. The number of carbonyl (C=O) groups is 6. The number of nitrogens with zero attached hydrogens (tertiary/aromatic N) is 1. The zero-order valence-corrected chi connectivity index (χ0v) is 32.8. The van der Waals surface area contributed by atoms with Crippen molar-refractivity contribution in [3.8, 4) is 0 Å². The van der Waals surface area contributed by atoms with Gasteiger partial charge in [-0.2, -0.15) is 0 Å². The van der Waals surface area contributed by atoms with Crippen LogP contribution in [-0.4, -0.2) is 109 Å². The highest BCUT2D eigenvalue weighted by Crippen LogP contribution is 2.11. The fraction of sp³-hybridized carbons (Fsp3) is 0.550. The summed E-state index contributed by atoms with van der Waals surface area (Å²) in [6, 6.07) is 10.5. The number of hydrogen-bond acceptors (Lipinski definition) is 9. The SMILES string of the molecule is CCN(CC)CCCC[C@H](NC(=O)[C@H](CC(C)C)NC(=O)[C@H](C)NC(=O)[C@H](Cc1ccccc1)NC(=O)c1ccc(C)cc1)C(=O)N[C@@H](CO)C(=O)OC. The smallest absolute Gasteiger partial charge is 0.330 e. The Kier molecular flexibility index (Phi) is 20.0. The largest absolute Gasteiger partial charge is 0.467 e. The Hall–Kier alpha value is -4.82. The van der Waals surface area contributed by atoms with Crippen LogP contribution < -0.4 is 26.6 Å². The number of ether oxygens (including phenoxy) is 1. The van der Waals surface area contributed by atoms with Crippen LogP contribution in [0.25, 0.3) is 0 Å². The van der Waals surface area contributed by atoms with E-state index < -0.39 is 72.3 Å². The molecule has 0 unspecified atom stereocenters. The third-order valence-corrected chi connectivity index (χ3v) is 9.04. The molecule has 0 spiro atoms. The highest BCUT2D eigenvalue weighted by Gasteiger charge is 2.32. The van der Waals surface area contributed by atoms with Crippen LogP contribution in [0.1, 0.15) is 81.8 Å². The molecule has 0 aliphatic carbocycles. The quantitative estimate of drug-likeness (QED) is 0.0728. The highest BCUT2D eigenvalue weighted by molar-refractivity contribution is 5.99. The number of unbranched alkanes of at least 4 members (excludes halogenated alkanes) is 1. The molecule has 0 fully saturated rings. The minimum absolute atomic E-state index is 0.0439. The summed E-state index contributed by atoms with van der Waals surface area (Å²) in [5.74, 6) is -3.85.